The molecule has 1 aromatic carbocycles. The Bertz CT molecular complexity index is 439. The molecule has 0 aliphatic carbocycles. The van der Waals surface area contributed by atoms with E-state index < -0.39 is 6.17 Å². The summed E-state index contributed by atoms with van der Waals surface area (Å²) in [5, 5.41) is 4.13. The predicted molar refractivity (Wildman–Crippen MR) is 61.1 cm³/mol. The summed E-state index contributed by atoms with van der Waals surface area (Å²) in [4.78, 5) is 0. The molecule has 1 atom stereocenters. The lowest BCUT2D eigenvalue weighted by molar-refractivity contribution is 0.327. The van der Waals surface area contributed by atoms with Crippen LogP contribution in [0.3, 0.4) is 0 Å². The van der Waals surface area contributed by atoms with Crippen molar-refractivity contribution >= 4 is 0 Å². The van der Waals surface area contributed by atoms with Gasteiger partial charge in [-0.25, -0.2) is 9.07 Å². The highest BCUT2D eigenvalue weighted by atomic mass is 19.1. The molecule has 1 unspecified atom stereocenters. The van der Waals surface area contributed by atoms with Crippen LogP contribution in [0, 0.1) is 0 Å². The summed E-state index contributed by atoms with van der Waals surface area (Å²) >= 11 is 0. The van der Waals surface area contributed by atoms with Crippen molar-refractivity contribution in [1.29, 1.82) is 0 Å². The number of benzene rings is 1. The molecule has 0 aliphatic heterocycles. The van der Waals surface area contributed by atoms with Gasteiger partial charge in [0, 0.05) is 11.8 Å². The van der Waals surface area contributed by atoms with Gasteiger partial charge in [0.2, 0.25) is 0 Å². The van der Waals surface area contributed by atoms with E-state index in [4.69, 9.17) is 5.73 Å². The fourth-order valence-corrected chi connectivity index (χ4v) is 1.53. The van der Waals surface area contributed by atoms with E-state index in [1.807, 2.05) is 30.3 Å². The number of nitrogens with zero attached hydrogens (tertiary/aromatic N) is 2. The summed E-state index contributed by atoms with van der Waals surface area (Å²) in [6.45, 7) is 0.345. The zero-order valence-corrected chi connectivity index (χ0v) is 8.88. The van der Waals surface area contributed by atoms with Crippen LogP contribution in [0.4, 0.5) is 4.39 Å². The molecule has 0 spiro atoms. The molecule has 84 valence electrons. The van der Waals surface area contributed by atoms with Crippen molar-refractivity contribution in [1.82, 2.24) is 9.78 Å². The molecule has 0 bridgehead atoms. The number of para-hydroxylation sites is 1. The molecule has 0 saturated carbocycles. The zero-order chi connectivity index (χ0) is 11.4. The van der Waals surface area contributed by atoms with Gasteiger partial charge in [0.15, 0.2) is 0 Å². The molecule has 1 heterocycles. The first-order chi connectivity index (χ1) is 7.81. The normalized spacial score (nSPS) is 12.6. The van der Waals surface area contributed by atoms with Gasteiger partial charge in [0.25, 0.3) is 0 Å². The highest BCUT2D eigenvalue weighted by molar-refractivity contribution is 5.31. The summed E-state index contributed by atoms with van der Waals surface area (Å²) < 4.78 is 15.2. The number of hydrogen-bond donors (Lipinski definition) is 1. The summed E-state index contributed by atoms with van der Waals surface area (Å²) in [5.74, 6) is 0. The second-order valence-corrected chi connectivity index (χ2v) is 3.60. The van der Waals surface area contributed by atoms with Crippen molar-refractivity contribution < 1.29 is 4.39 Å². The highest BCUT2D eigenvalue weighted by Crippen LogP contribution is 2.20. The van der Waals surface area contributed by atoms with Crippen molar-refractivity contribution in [2.75, 3.05) is 6.54 Å². The number of alkyl halides is 1. The van der Waals surface area contributed by atoms with Gasteiger partial charge in [0.1, 0.15) is 6.17 Å². The number of aromatic nitrogens is 2. The minimum absolute atomic E-state index is 0.334. The predicted octanol–water partition coefficient (Wildman–Crippen LogP) is 2.23. The van der Waals surface area contributed by atoms with Crippen LogP contribution in [0.1, 0.15) is 18.2 Å². The molecular formula is C12H14FN3. The Morgan fingerprint density at radius 2 is 2.06 bits per heavy atom. The Balaban J connectivity index is 2.20. The van der Waals surface area contributed by atoms with Gasteiger partial charge < -0.3 is 5.73 Å². The van der Waals surface area contributed by atoms with E-state index in [1.165, 1.54) is 0 Å². The molecule has 1 aromatic heterocycles. The van der Waals surface area contributed by atoms with E-state index in [-0.39, 0.29) is 0 Å². The first-order valence-corrected chi connectivity index (χ1v) is 5.25. The molecule has 2 rings (SSSR count). The average Bonchev–Trinajstić information content (AvgIpc) is 2.80. The Hall–Kier alpha value is -1.68. The molecule has 16 heavy (non-hydrogen) atoms. The van der Waals surface area contributed by atoms with E-state index in [0.717, 1.165) is 5.69 Å². The van der Waals surface area contributed by atoms with Gasteiger partial charge in [-0.3, -0.25) is 0 Å². The summed E-state index contributed by atoms with van der Waals surface area (Å²) in [6.07, 6.45) is 2.56. The van der Waals surface area contributed by atoms with E-state index in [9.17, 15) is 4.39 Å². The molecule has 2 N–H and O–H groups in total. The third kappa shape index (κ3) is 2.28. The Morgan fingerprint density at radius 1 is 1.31 bits per heavy atom. The first-order valence-electron chi connectivity index (χ1n) is 5.25. The van der Waals surface area contributed by atoms with Crippen molar-refractivity contribution in [2.24, 2.45) is 5.73 Å². The monoisotopic (exact) mass is 219 g/mol. The number of rotatable bonds is 4. The van der Waals surface area contributed by atoms with Gasteiger partial charge in [-0.1, -0.05) is 18.2 Å². The minimum atomic E-state index is -1.03. The van der Waals surface area contributed by atoms with Crippen LogP contribution >= 0.6 is 0 Å². The molecule has 0 aliphatic rings. The summed E-state index contributed by atoms with van der Waals surface area (Å²) in [5.41, 5.74) is 6.82. The second-order valence-electron chi connectivity index (χ2n) is 3.60. The van der Waals surface area contributed by atoms with Crippen molar-refractivity contribution in [3.63, 3.8) is 0 Å². The van der Waals surface area contributed by atoms with Crippen LogP contribution in [0.2, 0.25) is 0 Å². The Labute approximate surface area is 93.7 Å². The van der Waals surface area contributed by atoms with E-state index in [1.54, 1.807) is 17.1 Å². The molecule has 0 radical (unpaired) electrons. The van der Waals surface area contributed by atoms with Gasteiger partial charge in [0.05, 0.1) is 11.9 Å². The minimum Gasteiger partial charge on any atom is -0.330 e. The molecule has 0 amide bonds. The topological polar surface area (TPSA) is 43.8 Å². The summed E-state index contributed by atoms with van der Waals surface area (Å²) in [6, 6.07) is 9.62. The maximum absolute atomic E-state index is 13.5. The lowest BCUT2D eigenvalue weighted by Gasteiger charge is -2.02. The van der Waals surface area contributed by atoms with Gasteiger partial charge in [-0.15, -0.1) is 0 Å². The van der Waals surface area contributed by atoms with Gasteiger partial charge in [-0.05, 0) is 25.1 Å². The molecule has 0 fully saturated rings. The van der Waals surface area contributed by atoms with Gasteiger partial charge >= 0.3 is 0 Å². The van der Waals surface area contributed by atoms with Crippen LogP contribution in [0.15, 0.2) is 42.7 Å². The van der Waals surface area contributed by atoms with Crippen LogP contribution in [0.5, 0.6) is 0 Å². The number of hydrogen-bond acceptors (Lipinski definition) is 2. The molecule has 3 nitrogen and oxygen atoms in total. The molecule has 0 saturated heterocycles. The maximum Gasteiger partial charge on any atom is 0.129 e. The SMILES string of the molecule is NCCC(F)c1cnn(-c2ccccc2)c1. The third-order valence-electron chi connectivity index (χ3n) is 2.41. The number of halogens is 1. The standard InChI is InChI=1S/C12H14FN3/c13-12(6-7-14)10-8-15-16(9-10)11-4-2-1-3-5-11/h1-5,8-9,12H,6-7,14H2. The van der Waals surface area contributed by atoms with Crippen molar-refractivity contribution in [3.05, 3.63) is 48.3 Å². The Kier molecular flexibility index (Phi) is 3.31. The smallest absolute Gasteiger partial charge is 0.129 e. The van der Waals surface area contributed by atoms with E-state index >= 15 is 0 Å². The van der Waals surface area contributed by atoms with Gasteiger partial charge in [-0.2, -0.15) is 5.10 Å². The highest BCUT2D eigenvalue weighted by Gasteiger charge is 2.11. The number of nitrogens with two attached hydrogens (primary N) is 1. The largest absolute Gasteiger partial charge is 0.330 e. The second kappa shape index (κ2) is 4.90. The molecule has 2 aromatic rings. The zero-order valence-electron chi connectivity index (χ0n) is 8.88. The van der Waals surface area contributed by atoms with E-state index in [2.05, 4.69) is 5.10 Å². The molecular weight excluding hydrogens is 205 g/mol. The van der Waals surface area contributed by atoms with E-state index in [0.29, 0.717) is 18.5 Å². The lowest BCUT2D eigenvalue weighted by Crippen LogP contribution is -2.03. The van der Waals surface area contributed by atoms with Crippen molar-refractivity contribution in [2.45, 2.75) is 12.6 Å². The average molecular weight is 219 g/mol. The van der Waals surface area contributed by atoms with Crippen LogP contribution in [-0.4, -0.2) is 16.3 Å². The van der Waals surface area contributed by atoms with Crippen LogP contribution < -0.4 is 5.73 Å². The fourth-order valence-electron chi connectivity index (χ4n) is 1.53. The Morgan fingerprint density at radius 3 is 2.75 bits per heavy atom. The van der Waals surface area contributed by atoms with Crippen molar-refractivity contribution in [3.8, 4) is 5.69 Å². The fraction of sp³-hybridized carbons (Fsp3) is 0.250. The lowest BCUT2D eigenvalue weighted by atomic mass is 10.2. The van der Waals surface area contributed by atoms with Crippen LogP contribution in [0.25, 0.3) is 5.69 Å². The first kappa shape index (κ1) is 10.8. The third-order valence-corrected chi connectivity index (χ3v) is 2.41. The summed E-state index contributed by atoms with van der Waals surface area (Å²) in [7, 11) is 0. The quantitative estimate of drug-likeness (QED) is 0.857. The van der Waals surface area contributed by atoms with Crippen LogP contribution in [-0.2, 0) is 0 Å². The maximum atomic E-state index is 13.5. The molecule has 4 heteroatoms.